The van der Waals surface area contributed by atoms with E-state index in [1.165, 1.54) is 0 Å². The molecule has 2 aromatic rings. The van der Waals surface area contributed by atoms with Crippen LogP contribution in [0.3, 0.4) is 0 Å². The molecular weight excluding hydrogens is 416 g/mol. The molecule has 3 aliphatic rings. The maximum atomic E-state index is 13.6. The molecule has 1 saturated carbocycles. The van der Waals surface area contributed by atoms with Gasteiger partial charge in [0.2, 0.25) is 0 Å². The summed E-state index contributed by atoms with van der Waals surface area (Å²) in [6.45, 7) is 0.325. The summed E-state index contributed by atoms with van der Waals surface area (Å²) < 4.78 is 11.6. The summed E-state index contributed by atoms with van der Waals surface area (Å²) in [5.41, 5.74) is 2.14. The molecule has 1 aromatic heterocycles. The Hall–Kier alpha value is -2.86. The molecule has 1 aromatic carbocycles. The zero-order chi connectivity index (χ0) is 21.5. The fraction of sp³-hybridized carbons (Fsp3) is 0.375. The van der Waals surface area contributed by atoms with Crippen LogP contribution in [0.5, 0.6) is 5.75 Å². The van der Waals surface area contributed by atoms with Crippen LogP contribution in [-0.2, 0) is 20.9 Å². The van der Waals surface area contributed by atoms with Crippen LogP contribution in [0.25, 0.3) is 0 Å². The van der Waals surface area contributed by atoms with E-state index in [0.717, 1.165) is 17.5 Å². The minimum atomic E-state index is -0.540. The van der Waals surface area contributed by atoms with Crippen molar-refractivity contribution in [2.24, 2.45) is 5.92 Å². The van der Waals surface area contributed by atoms with Crippen molar-refractivity contribution in [3.8, 4) is 5.75 Å². The topological polar surface area (TPSA) is 68.7 Å². The zero-order valence-corrected chi connectivity index (χ0v) is 17.9. The second kappa shape index (κ2) is 8.00. The molecule has 1 amide bonds. The molecule has 4 unspecified atom stereocenters. The van der Waals surface area contributed by atoms with E-state index in [2.05, 4.69) is 4.98 Å². The number of methoxy groups -OCH3 is 1. The molecule has 3 heterocycles. The second-order valence-corrected chi connectivity index (χ2v) is 8.87. The van der Waals surface area contributed by atoms with E-state index >= 15 is 0 Å². The van der Waals surface area contributed by atoms with Crippen molar-refractivity contribution in [2.75, 3.05) is 7.11 Å². The standard InChI is InChI=1S/C24H23ClN2O4/c1-30-17-6-2-5-15(10-17)21-20-22(28)18-11-16(25)7-8-19(18)31-23(20)24(29)27(21)13-14-4-3-9-26-12-14/h2-6,9-10,12,16,18-19,21H,7-8,11,13H2,1H3. The van der Waals surface area contributed by atoms with Crippen molar-refractivity contribution < 1.29 is 19.1 Å². The number of ether oxygens (including phenoxy) is 2. The summed E-state index contributed by atoms with van der Waals surface area (Å²) >= 11 is 6.38. The lowest BCUT2D eigenvalue weighted by Crippen LogP contribution is -2.41. The van der Waals surface area contributed by atoms with Crippen molar-refractivity contribution >= 4 is 23.3 Å². The normalized spacial score (nSPS) is 27.6. The van der Waals surface area contributed by atoms with Gasteiger partial charge >= 0.3 is 0 Å². The summed E-state index contributed by atoms with van der Waals surface area (Å²) in [4.78, 5) is 33.0. The highest BCUT2D eigenvalue weighted by Crippen LogP contribution is 2.48. The first-order chi connectivity index (χ1) is 15.1. The van der Waals surface area contributed by atoms with Gasteiger partial charge in [-0.05, 0) is 48.6 Å². The molecular formula is C24H23ClN2O4. The molecule has 6 nitrogen and oxygen atoms in total. The first kappa shape index (κ1) is 20.1. The van der Waals surface area contributed by atoms with E-state index in [0.29, 0.717) is 30.7 Å². The van der Waals surface area contributed by atoms with Crippen LogP contribution < -0.4 is 4.74 Å². The minimum absolute atomic E-state index is 0.0218. The fourth-order valence-electron chi connectivity index (χ4n) is 4.87. The largest absolute Gasteiger partial charge is 0.497 e. The number of ketones is 1. The Bertz CT molecular complexity index is 1050. The van der Waals surface area contributed by atoms with Crippen molar-refractivity contribution in [2.45, 2.75) is 43.3 Å². The van der Waals surface area contributed by atoms with Crippen LogP contribution in [-0.4, -0.2) is 40.2 Å². The molecule has 1 fully saturated rings. The number of hydrogen-bond acceptors (Lipinski definition) is 5. The molecule has 0 N–H and O–H groups in total. The Labute approximate surface area is 185 Å². The van der Waals surface area contributed by atoms with E-state index in [1.807, 2.05) is 36.4 Å². The van der Waals surface area contributed by atoms with Gasteiger partial charge in [-0.1, -0.05) is 18.2 Å². The first-order valence-corrected chi connectivity index (χ1v) is 10.9. The first-order valence-electron chi connectivity index (χ1n) is 10.5. The number of benzene rings is 1. The van der Waals surface area contributed by atoms with Crippen molar-refractivity contribution in [3.05, 3.63) is 71.3 Å². The predicted octanol–water partition coefficient (Wildman–Crippen LogP) is 3.80. The second-order valence-electron chi connectivity index (χ2n) is 8.25. The van der Waals surface area contributed by atoms with Gasteiger partial charge in [0.15, 0.2) is 11.5 Å². The number of rotatable bonds is 4. The van der Waals surface area contributed by atoms with E-state index in [4.69, 9.17) is 21.1 Å². The number of Topliss-reactive ketones (excluding diaryl/α,β-unsaturated/α-hetero) is 1. The van der Waals surface area contributed by atoms with Crippen molar-refractivity contribution in [1.29, 1.82) is 0 Å². The number of pyridine rings is 1. The number of carbonyl (C=O) groups excluding carboxylic acids is 2. The molecule has 31 heavy (non-hydrogen) atoms. The number of aromatic nitrogens is 1. The molecule has 1 aliphatic carbocycles. The smallest absolute Gasteiger partial charge is 0.290 e. The fourth-order valence-corrected chi connectivity index (χ4v) is 5.19. The highest BCUT2D eigenvalue weighted by molar-refractivity contribution is 6.21. The van der Waals surface area contributed by atoms with Gasteiger partial charge in [-0.3, -0.25) is 14.6 Å². The number of nitrogens with zero attached hydrogens (tertiary/aromatic N) is 2. The van der Waals surface area contributed by atoms with E-state index in [-0.39, 0.29) is 34.8 Å². The summed E-state index contributed by atoms with van der Waals surface area (Å²) in [6, 6.07) is 10.7. The third-order valence-electron chi connectivity index (χ3n) is 6.36. The van der Waals surface area contributed by atoms with Gasteiger partial charge in [0, 0.05) is 24.3 Å². The Morgan fingerprint density at radius 2 is 2.10 bits per heavy atom. The lowest BCUT2D eigenvalue weighted by Gasteiger charge is -2.37. The van der Waals surface area contributed by atoms with Gasteiger partial charge in [-0.2, -0.15) is 0 Å². The van der Waals surface area contributed by atoms with Crippen LogP contribution in [0.4, 0.5) is 0 Å². The molecule has 4 atom stereocenters. The van der Waals surface area contributed by atoms with Crippen molar-refractivity contribution in [1.82, 2.24) is 9.88 Å². The van der Waals surface area contributed by atoms with Gasteiger partial charge in [0.1, 0.15) is 11.9 Å². The predicted molar refractivity (Wildman–Crippen MR) is 114 cm³/mol. The van der Waals surface area contributed by atoms with Crippen LogP contribution >= 0.6 is 11.6 Å². The summed E-state index contributed by atoms with van der Waals surface area (Å²) in [5, 5.41) is -0.0465. The Morgan fingerprint density at radius 1 is 1.23 bits per heavy atom. The SMILES string of the molecule is COc1cccc(C2C3=C(OC4CCC(Cl)CC4C3=O)C(=O)N2Cc2cccnc2)c1. The Kier molecular flexibility index (Phi) is 5.18. The Morgan fingerprint density at radius 3 is 2.87 bits per heavy atom. The Balaban J connectivity index is 1.59. The molecule has 0 radical (unpaired) electrons. The van der Waals surface area contributed by atoms with E-state index < -0.39 is 6.04 Å². The maximum absolute atomic E-state index is 13.6. The third-order valence-corrected chi connectivity index (χ3v) is 6.76. The minimum Gasteiger partial charge on any atom is -0.497 e. The van der Waals surface area contributed by atoms with Crippen LogP contribution in [0.15, 0.2) is 60.1 Å². The molecule has 0 saturated heterocycles. The van der Waals surface area contributed by atoms with E-state index in [1.54, 1.807) is 24.4 Å². The number of fused-ring (bicyclic) bond motifs is 1. The van der Waals surface area contributed by atoms with Gasteiger partial charge in [0.25, 0.3) is 5.91 Å². The van der Waals surface area contributed by atoms with Gasteiger partial charge in [0.05, 0.1) is 24.6 Å². The average Bonchev–Trinajstić information content (AvgIpc) is 3.07. The number of hydrogen-bond donors (Lipinski definition) is 0. The van der Waals surface area contributed by atoms with Crippen LogP contribution in [0, 0.1) is 5.92 Å². The highest BCUT2D eigenvalue weighted by atomic mass is 35.5. The lowest BCUT2D eigenvalue weighted by molar-refractivity contribution is -0.135. The molecule has 2 aliphatic heterocycles. The average molecular weight is 439 g/mol. The van der Waals surface area contributed by atoms with Crippen LogP contribution in [0.1, 0.15) is 36.4 Å². The molecule has 0 bridgehead atoms. The lowest BCUT2D eigenvalue weighted by atomic mass is 9.77. The number of alkyl halides is 1. The number of amides is 1. The van der Waals surface area contributed by atoms with Crippen molar-refractivity contribution in [3.63, 3.8) is 0 Å². The van der Waals surface area contributed by atoms with E-state index in [9.17, 15) is 9.59 Å². The monoisotopic (exact) mass is 438 g/mol. The summed E-state index contributed by atoms with van der Waals surface area (Å²) in [6.07, 6.45) is 5.18. The third kappa shape index (κ3) is 3.49. The maximum Gasteiger partial charge on any atom is 0.290 e. The highest BCUT2D eigenvalue weighted by Gasteiger charge is 2.52. The van der Waals surface area contributed by atoms with Crippen LogP contribution in [0.2, 0.25) is 0 Å². The van der Waals surface area contributed by atoms with Gasteiger partial charge in [-0.15, -0.1) is 11.6 Å². The van der Waals surface area contributed by atoms with Gasteiger partial charge in [-0.25, -0.2) is 0 Å². The number of halogens is 1. The molecule has 0 spiro atoms. The molecule has 7 heteroatoms. The quantitative estimate of drug-likeness (QED) is 0.679. The summed E-state index contributed by atoms with van der Waals surface area (Å²) in [7, 11) is 1.60. The van der Waals surface area contributed by atoms with Gasteiger partial charge < -0.3 is 14.4 Å². The molecule has 5 rings (SSSR count). The zero-order valence-electron chi connectivity index (χ0n) is 17.2. The molecule has 160 valence electrons. The summed E-state index contributed by atoms with van der Waals surface area (Å²) in [5.74, 6) is 0.268. The number of carbonyl (C=O) groups is 2.